The van der Waals surface area contributed by atoms with Crippen LogP contribution in [0.4, 0.5) is 0 Å². The number of likely N-dealkylation sites (tertiary alicyclic amines) is 1. The molecule has 1 saturated heterocycles. The molecule has 2 rings (SSSR count). The van der Waals surface area contributed by atoms with Crippen LogP contribution in [-0.2, 0) is 0 Å². The first-order valence-electron chi connectivity index (χ1n) is 7.01. The lowest BCUT2D eigenvalue weighted by atomic mass is 9.93. The highest BCUT2D eigenvalue weighted by Crippen LogP contribution is 2.32. The summed E-state index contributed by atoms with van der Waals surface area (Å²) in [6.45, 7) is 9.22. The van der Waals surface area contributed by atoms with E-state index in [0.29, 0.717) is 6.04 Å². The van der Waals surface area contributed by atoms with Crippen molar-refractivity contribution in [2.75, 3.05) is 13.1 Å². The summed E-state index contributed by atoms with van der Waals surface area (Å²) in [7, 11) is 0. The van der Waals surface area contributed by atoms with Crippen LogP contribution in [0.25, 0.3) is 0 Å². The van der Waals surface area contributed by atoms with Crippen LogP contribution in [0.15, 0.2) is 12.3 Å². The van der Waals surface area contributed by atoms with Crippen molar-refractivity contribution in [1.29, 1.82) is 0 Å². The van der Waals surface area contributed by atoms with Crippen molar-refractivity contribution in [1.82, 2.24) is 9.88 Å². The monoisotopic (exact) mass is 264 g/mol. The van der Waals surface area contributed by atoms with Crippen molar-refractivity contribution in [2.45, 2.75) is 46.1 Å². The third-order valence-electron chi connectivity index (χ3n) is 3.75. The summed E-state index contributed by atoms with van der Waals surface area (Å²) in [6, 6.07) is 2.67. The predicted molar refractivity (Wildman–Crippen MR) is 79.4 cm³/mol. The molecule has 0 unspecified atom stereocenters. The lowest BCUT2D eigenvalue weighted by Crippen LogP contribution is -2.36. The molecule has 0 aromatic carbocycles. The highest BCUT2D eigenvalue weighted by molar-refractivity contribution is 7.71. The molecule has 1 N–H and O–H groups in total. The van der Waals surface area contributed by atoms with Gasteiger partial charge in [-0.05, 0) is 49.4 Å². The summed E-state index contributed by atoms with van der Waals surface area (Å²) >= 11 is 5.19. The molecule has 3 heteroatoms. The van der Waals surface area contributed by atoms with E-state index in [4.69, 9.17) is 12.2 Å². The summed E-state index contributed by atoms with van der Waals surface area (Å²) in [4.78, 5) is 5.85. The zero-order valence-corrected chi connectivity index (χ0v) is 12.5. The molecule has 1 aromatic rings. The molecule has 1 aliphatic rings. The van der Waals surface area contributed by atoms with E-state index in [0.717, 1.165) is 10.6 Å². The fourth-order valence-corrected chi connectivity index (χ4v) is 3.21. The normalized spacial score (nSPS) is 21.4. The maximum Gasteiger partial charge on any atom is 0.103 e. The molecule has 2 heterocycles. The molecule has 0 bridgehead atoms. The van der Waals surface area contributed by atoms with Gasteiger partial charge in [-0.3, -0.25) is 4.90 Å². The van der Waals surface area contributed by atoms with Gasteiger partial charge in [-0.2, -0.15) is 0 Å². The zero-order chi connectivity index (χ0) is 13.1. The second-order valence-electron chi connectivity index (χ2n) is 5.84. The van der Waals surface area contributed by atoms with Gasteiger partial charge in [0.15, 0.2) is 0 Å². The van der Waals surface area contributed by atoms with Crippen molar-refractivity contribution in [3.05, 3.63) is 28.0 Å². The SMILES string of the molecule is Cc1cc(=S)[nH]cc1[C@H]1CCCCN1CC(C)C. The first-order valence-corrected chi connectivity index (χ1v) is 7.42. The Morgan fingerprint density at radius 1 is 1.44 bits per heavy atom. The van der Waals surface area contributed by atoms with E-state index in [2.05, 4.69) is 42.9 Å². The minimum atomic E-state index is 0.577. The van der Waals surface area contributed by atoms with E-state index in [1.54, 1.807) is 0 Å². The quantitative estimate of drug-likeness (QED) is 0.824. The molecule has 1 aromatic heterocycles. The van der Waals surface area contributed by atoms with Gasteiger partial charge in [-0.15, -0.1) is 0 Å². The minimum Gasteiger partial charge on any atom is -0.353 e. The number of piperidine rings is 1. The molecule has 0 aliphatic carbocycles. The molecule has 0 radical (unpaired) electrons. The van der Waals surface area contributed by atoms with Crippen LogP contribution in [-0.4, -0.2) is 23.0 Å². The van der Waals surface area contributed by atoms with E-state index >= 15 is 0 Å². The van der Waals surface area contributed by atoms with Gasteiger partial charge in [0, 0.05) is 18.8 Å². The Morgan fingerprint density at radius 2 is 2.22 bits per heavy atom. The smallest absolute Gasteiger partial charge is 0.103 e. The van der Waals surface area contributed by atoms with Gasteiger partial charge in [-0.1, -0.05) is 32.5 Å². The van der Waals surface area contributed by atoms with Gasteiger partial charge in [0.2, 0.25) is 0 Å². The van der Waals surface area contributed by atoms with E-state index in [9.17, 15) is 0 Å². The topological polar surface area (TPSA) is 19.0 Å². The third kappa shape index (κ3) is 3.21. The molecule has 1 atom stereocenters. The zero-order valence-electron chi connectivity index (χ0n) is 11.7. The molecule has 18 heavy (non-hydrogen) atoms. The average Bonchev–Trinajstić information content (AvgIpc) is 2.30. The van der Waals surface area contributed by atoms with Crippen molar-refractivity contribution in [3.8, 4) is 0 Å². The van der Waals surface area contributed by atoms with Gasteiger partial charge in [0.05, 0.1) is 0 Å². The number of aryl methyl sites for hydroxylation is 1. The largest absolute Gasteiger partial charge is 0.353 e. The number of aromatic amines is 1. The van der Waals surface area contributed by atoms with Gasteiger partial charge < -0.3 is 4.98 Å². The second-order valence-corrected chi connectivity index (χ2v) is 6.28. The van der Waals surface area contributed by atoms with E-state index in [1.807, 2.05) is 0 Å². The van der Waals surface area contributed by atoms with Crippen molar-refractivity contribution >= 4 is 12.2 Å². The molecule has 0 saturated carbocycles. The maximum atomic E-state index is 5.19. The van der Waals surface area contributed by atoms with E-state index < -0.39 is 0 Å². The number of nitrogens with zero attached hydrogens (tertiary/aromatic N) is 1. The van der Waals surface area contributed by atoms with Crippen LogP contribution in [0, 0.1) is 17.5 Å². The summed E-state index contributed by atoms with van der Waals surface area (Å²) < 4.78 is 0.836. The lowest BCUT2D eigenvalue weighted by molar-refractivity contribution is 0.131. The fraction of sp³-hybridized carbons (Fsp3) is 0.667. The predicted octanol–water partition coefficient (Wildman–Crippen LogP) is 4.24. The first kappa shape index (κ1) is 13.8. The standard InChI is InChI=1S/C15H24N2S/c1-11(2)10-17-7-5-4-6-14(17)13-9-16-15(18)8-12(13)3/h8-9,11,14H,4-7,10H2,1-3H3,(H,16,18)/t14-/m1/s1. The highest BCUT2D eigenvalue weighted by atomic mass is 32.1. The number of pyridine rings is 1. The van der Waals surface area contributed by atoms with Crippen molar-refractivity contribution in [2.24, 2.45) is 5.92 Å². The number of hydrogen-bond donors (Lipinski definition) is 1. The molecular formula is C15H24N2S. The summed E-state index contributed by atoms with van der Waals surface area (Å²) in [5.41, 5.74) is 2.77. The number of nitrogens with one attached hydrogen (secondary N) is 1. The van der Waals surface area contributed by atoms with Crippen molar-refractivity contribution < 1.29 is 0 Å². The Morgan fingerprint density at radius 3 is 2.89 bits per heavy atom. The van der Waals surface area contributed by atoms with Gasteiger partial charge in [0.1, 0.15) is 4.64 Å². The molecule has 0 amide bonds. The van der Waals surface area contributed by atoms with Crippen LogP contribution in [0.2, 0.25) is 0 Å². The number of H-pyrrole nitrogens is 1. The molecule has 100 valence electrons. The summed E-state index contributed by atoms with van der Waals surface area (Å²) in [5.74, 6) is 0.730. The Bertz CT molecular complexity index is 450. The van der Waals surface area contributed by atoms with Crippen LogP contribution < -0.4 is 0 Å². The molecular weight excluding hydrogens is 240 g/mol. The first-order chi connectivity index (χ1) is 8.58. The summed E-state index contributed by atoms with van der Waals surface area (Å²) in [6.07, 6.45) is 6.08. The Balaban J connectivity index is 2.24. The number of aromatic nitrogens is 1. The molecule has 2 nitrogen and oxygen atoms in total. The van der Waals surface area contributed by atoms with Crippen LogP contribution in [0.1, 0.15) is 50.3 Å². The van der Waals surface area contributed by atoms with Gasteiger partial charge >= 0.3 is 0 Å². The van der Waals surface area contributed by atoms with Gasteiger partial charge in [0.25, 0.3) is 0 Å². The van der Waals surface area contributed by atoms with E-state index in [1.165, 1.54) is 43.5 Å². The highest BCUT2D eigenvalue weighted by Gasteiger charge is 2.25. The molecule has 0 spiro atoms. The fourth-order valence-electron chi connectivity index (χ4n) is 2.97. The molecule has 1 fully saturated rings. The van der Waals surface area contributed by atoms with E-state index in [-0.39, 0.29) is 0 Å². The molecule has 1 aliphatic heterocycles. The van der Waals surface area contributed by atoms with Crippen LogP contribution in [0.3, 0.4) is 0 Å². The Labute approximate surface area is 115 Å². The minimum absolute atomic E-state index is 0.577. The number of rotatable bonds is 3. The second kappa shape index (κ2) is 5.98. The lowest BCUT2D eigenvalue weighted by Gasteiger charge is -2.37. The Hall–Kier alpha value is -0.670. The average molecular weight is 264 g/mol. The Kier molecular flexibility index (Phi) is 4.57. The van der Waals surface area contributed by atoms with Crippen LogP contribution in [0.5, 0.6) is 0 Å². The third-order valence-corrected chi connectivity index (χ3v) is 3.98. The maximum absolute atomic E-state index is 5.19. The van der Waals surface area contributed by atoms with Crippen LogP contribution >= 0.6 is 12.2 Å². The van der Waals surface area contributed by atoms with Crippen molar-refractivity contribution in [3.63, 3.8) is 0 Å². The number of hydrogen-bond acceptors (Lipinski definition) is 2. The summed E-state index contributed by atoms with van der Waals surface area (Å²) in [5, 5.41) is 0. The van der Waals surface area contributed by atoms with Gasteiger partial charge in [-0.25, -0.2) is 0 Å².